The molecule has 1 unspecified atom stereocenters. The maximum atomic E-state index is 13.2. The molecule has 0 N–H and O–H groups in total. The van der Waals surface area contributed by atoms with Gasteiger partial charge in [-0.3, -0.25) is 9.36 Å². The molecule has 3 aromatic rings. The summed E-state index contributed by atoms with van der Waals surface area (Å²) in [6, 6.07) is 13.4. The lowest BCUT2D eigenvalue weighted by Crippen LogP contribution is -2.49. The number of thioether (sulfide) groups is 1. The van der Waals surface area contributed by atoms with E-state index in [0.717, 1.165) is 22.0 Å². The number of methoxy groups -OCH3 is 1. The average Bonchev–Trinajstić information content (AvgIpc) is 3.26. The summed E-state index contributed by atoms with van der Waals surface area (Å²) in [5, 5.41) is 0.745. The molecular weight excluding hydrogens is 410 g/mol. The Hall–Kier alpha value is -3.06. The van der Waals surface area contributed by atoms with E-state index < -0.39 is 6.04 Å². The summed E-state index contributed by atoms with van der Waals surface area (Å²) in [6.45, 7) is 4.56. The van der Waals surface area contributed by atoms with E-state index in [0.29, 0.717) is 13.0 Å². The number of benzene rings is 2. The van der Waals surface area contributed by atoms with Gasteiger partial charge in [0.1, 0.15) is 6.04 Å². The van der Waals surface area contributed by atoms with Gasteiger partial charge in [0.2, 0.25) is 5.91 Å². The van der Waals surface area contributed by atoms with Crippen LogP contribution in [0.4, 0.5) is 0 Å². The Morgan fingerprint density at radius 2 is 1.90 bits per heavy atom. The van der Waals surface area contributed by atoms with Crippen LogP contribution >= 0.6 is 11.8 Å². The molecule has 160 valence electrons. The molecule has 6 nitrogen and oxygen atoms in total. The minimum absolute atomic E-state index is 0.106. The number of aromatic nitrogens is 2. The number of nitrogens with zero attached hydrogens (tertiary/aromatic N) is 3. The highest BCUT2D eigenvalue weighted by molar-refractivity contribution is 7.99. The average molecular weight is 436 g/mol. The van der Waals surface area contributed by atoms with Gasteiger partial charge in [-0.1, -0.05) is 48.2 Å². The molecular formula is C24H25N3O3S. The van der Waals surface area contributed by atoms with Crippen LogP contribution in [0.1, 0.15) is 22.3 Å². The van der Waals surface area contributed by atoms with E-state index >= 15 is 0 Å². The number of aryl methyl sites for hydroxylation is 1. The van der Waals surface area contributed by atoms with Gasteiger partial charge in [-0.05, 0) is 42.2 Å². The fourth-order valence-corrected chi connectivity index (χ4v) is 4.77. The predicted molar refractivity (Wildman–Crippen MR) is 120 cm³/mol. The molecule has 31 heavy (non-hydrogen) atoms. The lowest BCUT2D eigenvalue weighted by atomic mass is 9.94. The number of esters is 1. The smallest absolute Gasteiger partial charge is 0.328 e. The largest absolute Gasteiger partial charge is 0.467 e. The Morgan fingerprint density at radius 3 is 2.68 bits per heavy atom. The van der Waals surface area contributed by atoms with Crippen molar-refractivity contribution in [2.75, 3.05) is 12.9 Å². The molecule has 7 heteroatoms. The Kier molecular flexibility index (Phi) is 6.13. The van der Waals surface area contributed by atoms with Crippen molar-refractivity contribution in [1.82, 2.24) is 14.5 Å². The zero-order valence-electron chi connectivity index (χ0n) is 17.9. The maximum Gasteiger partial charge on any atom is 0.328 e. The van der Waals surface area contributed by atoms with Crippen LogP contribution in [0.15, 0.2) is 60.0 Å². The van der Waals surface area contributed by atoms with Crippen molar-refractivity contribution >= 4 is 23.6 Å². The summed E-state index contributed by atoms with van der Waals surface area (Å²) < 4.78 is 6.98. The van der Waals surface area contributed by atoms with Crippen molar-refractivity contribution in [3.8, 4) is 5.69 Å². The zero-order chi connectivity index (χ0) is 22.0. The van der Waals surface area contributed by atoms with E-state index in [-0.39, 0.29) is 17.6 Å². The Morgan fingerprint density at radius 1 is 1.13 bits per heavy atom. The van der Waals surface area contributed by atoms with Crippen LogP contribution in [-0.2, 0) is 27.3 Å². The van der Waals surface area contributed by atoms with E-state index in [1.165, 1.54) is 30.0 Å². The molecule has 0 radical (unpaired) electrons. The van der Waals surface area contributed by atoms with Gasteiger partial charge in [0, 0.05) is 25.4 Å². The zero-order valence-corrected chi connectivity index (χ0v) is 18.7. The third-order valence-electron chi connectivity index (χ3n) is 5.81. The molecule has 1 aromatic heterocycles. The first-order chi connectivity index (χ1) is 15.0. The van der Waals surface area contributed by atoms with Gasteiger partial charge in [0.25, 0.3) is 0 Å². The van der Waals surface area contributed by atoms with Gasteiger partial charge in [0.15, 0.2) is 5.16 Å². The lowest BCUT2D eigenvalue weighted by Gasteiger charge is -2.35. The van der Waals surface area contributed by atoms with Crippen LogP contribution in [0.25, 0.3) is 5.69 Å². The number of hydrogen-bond donors (Lipinski definition) is 0. The van der Waals surface area contributed by atoms with Crippen LogP contribution in [0.3, 0.4) is 0 Å². The number of imidazole rings is 1. The summed E-state index contributed by atoms with van der Waals surface area (Å²) in [7, 11) is 1.36. The number of fused-ring (bicyclic) bond motifs is 1. The number of amides is 1. The van der Waals surface area contributed by atoms with Crippen LogP contribution in [0, 0.1) is 13.8 Å². The maximum absolute atomic E-state index is 13.2. The monoisotopic (exact) mass is 435 g/mol. The molecule has 0 bridgehead atoms. The lowest BCUT2D eigenvalue weighted by molar-refractivity contribution is -0.153. The summed E-state index contributed by atoms with van der Waals surface area (Å²) in [5.74, 6) is -0.299. The second-order valence-corrected chi connectivity index (χ2v) is 8.56. The van der Waals surface area contributed by atoms with Gasteiger partial charge >= 0.3 is 5.97 Å². The summed E-state index contributed by atoms with van der Waals surface area (Å²) in [6.07, 6.45) is 4.11. The second-order valence-electron chi connectivity index (χ2n) is 7.62. The molecule has 1 atom stereocenters. The molecule has 2 heterocycles. The summed E-state index contributed by atoms with van der Waals surface area (Å²) in [5.41, 5.74) is 5.57. The van der Waals surface area contributed by atoms with Crippen molar-refractivity contribution < 1.29 is 14.3 Å². The third kappa shape index (κ3) is 4.23. The van der Waals surface area contributed by atoms with Gasteiger partial charge in [-0.15, -0.1) is 0 Å². The van der Waals surface area contributed by atoms with E-state index in [1.54, 1.807) is 11.1 Å². The highest BCUT2D eigenvalue weighted by Gasteiger charge is 2.35. The fourth-order valence-electron chi connectivity index (χ4n) is 3.92. The number of carbonyl (C=O) groups excluding carboxylic acids is 2. The van der Waals surface area contributed by atoms with E-state index in [2.05, 4.69) is 24.9 Å². The first-order valence-corrected chi connectivity index (χ1v) is 11.1. The summed E-state index contributed by atoms with van der Waals surface area (Å²) >= 11 is 1.38. The first kappa shape index (κ1) is 21.2. The Bertz CT molecular complexity index is 1120. The molecule has 0 fully saturated rings. The molecule has 2 aromatic carbocycles. The van der Waals surface area contributed by atoms with E-state index in [4.69, 9.17) is 4.74 Å². The molecule has 1 amide bonds. The van der Waals surface area contributed by atoms with Crippen LogP contribution in [0.2, 0.25) is 0 Å². The second kappa shape index (κ2) is 8.98. The molecule has 0 saturated carbocycles. The van der Waals surface area contributed by atoms with Crippen molar-refractivity contribution in [2.45, 2.75) is 38.0 Å². The first-order valence-electron chi connectivity index (χ1n) is 10.2. The standard InChI is InChI=1S/C24H25N3O3S/c1-16-7-6-10-20(17(16)2)26-12-11-25-24(26)31-15-22(28)27-14-19-9-5-4-8-18(19)13-21(27)23(29)30-3/h4-12,21H,13-15H2,1-3H3. The Labute approximate surface area is 186 Å². The quantitative estimate of drug-likeness (QED) is 0.452. The highest BCUT2D eigenvalue weighted by atomic mass is 32.2. The fraction of sp³-hybridized carbons (Fsp3) is 0.292. The predicted octanol–water partition coefficient (Wildman–Crippen LogP) is 3.71. The Balaban J connectivity index is 1.53. The van der Waals surface area contributed by atoms with Crippen molar-refractivity contribution in [3.63, 3.8) is 0 Å². The number of ether oxygens (including phenoxy) is 1. The number of carbonyl (C=O) groups is 2. The minimum Gasteiger partial charge on any atom is -0.467 e. The van der Waals surface area contributed by atoms with Crippen molar-refractivity contribution in [2.24, 2.45) is 0 Å². The van der Waals surface area contributed by atoms with Gasteiger partial charge < -0.3 is 9.64 Å². The van der Waals surface area contributed by atoms with Gasteiger partial charge in [-0.25, -0.2) is 9.78 Å². The van der Waals surface area contributed by atoms with E-state index in [1.807, 2.05) is 47.2 Å². The van der Waals surface area contributed by atoms with Crippen LogP contribution in [-0.4, -0.2) is 45.2 Å². The van der Waals surface area contributed by atoms with Gasteiger partial charge in [-0.2, -0.15) is 0 Å². The highest BCUT2D eigenvalue weighted by Crippen LogP contribution is 2.27. The summed E-state index contributed by atoms with van der Waals surface area (Å²) in [4.78, 5) is 31.6. The molecule has 1 aliphatic heterocycles. The molecule has 4 rings (SSSR count). The van der Waals surface area contributed by atoms with Crippen LogP contribution in [0.5, 0.6) is 0 Å². The third-order valence-corrected chi connectivity index (χ3v) is 6.76. The van der Waals surface area contributed by atoms with Crippen LogP contribution < -0.4 is 0 Å². The molecule has 0 spiro atoms. The topological polar surface area (TPSA) is 64.4 Å². The number of rotatable bonds is 5. The number of hydrogen-bond acceptors (Lipinski definition) is 5. The molecule has 1 aliphatic rings. The molecule has 0 saturated heterocycles. The van der Waals surface area contributed by atoms with Gasteiger partial charge in [0.05, 0.1) is 18.6 Å². The SMILES string of the molecule is COC(=O)C1Cc2ccccc2CN1C(=O)CSc1nccn1-c1cccc(C)c1C. The van der Waals surface area contributed by atoms with E-state index in [9.17, 15) is 9.59 Å². The van der Waals surface area contributed by atoms with Crippen molar-refractivity contribution in [3.05, 3.63) is 77.1 Å². The normalized spacial score (nSPS) is 15.5. The minimum atomic E-state index is -0.605. The molecule has 0 aliphatic carbocycles. The van der Waals surface area contributed by atoms with Crippen molar-refractivity contribution in [1.29, 1.82) is 0 Å².